The van der Waals surface area contributed by atoms with E-state index < -0.39 is 34.6 Å². The fraction of sp³-hybridized carbons (Fsp3) is 0.773. The maximum absolute atomic E-state index is 13.9. The number of nitrogens with zero attached hydrogens (tertiary/aromatic N) is 2. The number of carbonyl (C=O) groups is 3. The standard InChI is InChI=1S/C22H34N2O5S/c1-5-7-8-10-23(9-6-2)20(27)18-22-13(3)11-15(30-22)16(21(28)29)17(22)19(26)24(18)14(4)12-25/h6,13-18,25H,2,5,7-12H2,1,3-4H3,(H,28,29)/t13?,14-,15-,16+,17+,18?,22?/m1/s1. The van der Waals surface area contributed by atoms with Crippen LogP contribution in [0, 0.1) is 17.8 Å². The summed E-state index contributed by atoms with van der Waals surface area (Å²) in [7, 11) is 0. The van der Waals surface area contributed by atoms with E-state index in [1.54, 1.807) is 17.9 Å². The summed E-state index contributed by atoms with van der Waals surface area (Å²) in [6, 6.07) is -1.30. The zero-order chi connectivity index (χ0) is 22.2. The van der Waals surface area contributed by atoms with Crippen LogP contribution in [-0.4, -0.2) is 79.6 Å². The summed E-state index contributed by atoms with van der Waals surface area (Å²) in [6.07, 6.45) is 5.29. The second-order valence-electron chi connectivity index (χ2n) is 8.95. The number of carboxylic acids is 1. The van der Waals surface area contributed by atoms with Crippen LogP contribution in [0.1, 0.15) is 46.5 Å². The molecule has 3 unspecified atom stereocenters. The Balaban J connectivity index is 2.04. The van der Waals surface area contributed by atoms with Gasteiger partial charge in [0.25, 0.3) is 0 Å². The second kappa shape index (κ2) is 8.91. The Morgan fingerprint density at radius 1 is 1.43 bits per heavy atom. The highest BCUT2D eigenvalue weighted by Gasteiger charge is 2.76. The summed E-state index contributed by atoms with van der Waals surface area (Å²) >= 11 is 1.53. The van der Waals surface area contributed by atoms with Crippen molar-refractivity contribution in [2.75, 3.05) is 19.7 Å². The van der Waals surface area contributed by atoms with Crippen LogP contribution in [0.3, 0.4) is 0 Å². The number of aliphatic hydroxyl groups excluding tert-OH is 1. The molecule has 168 valence electrons. The smallest absolute Gasteiger partial charge is 0.308 e. The van der Waals surface area contributed by atoms with Crippen molar-refractivity contribution in [2.24, 2.45) is 17.8 Å². The first-order valence-electron chi connectivity index (χ1n) is 11.0. The molecule has 0 aromatic heterocycles. The number of likely N-dealkylation sites (tertiary alicyclic amines) is 1. The highest BCUT2D eigenvalue weighted by atomic mass is 32.2. The van der Waals surface area contributed by atoms with Gasteiger partial charge in [0, 0.05) is 18.3 Å². The highest BCUT2D eigenvalue weighted by molar-refractivity contribution is 8.02. The number of carboxylic acid groups (broad SMARTS) is 1. The van der Waals surface area contributed by atoms with Gasteiger partial charge >= 0.3 is 5.97 Å². The third-order valence-electron chi connectivity index (χ3n) is 7.13. The quantitative estimate of drug-likeness (QED) is 0.400. The Kier molecular flexibility index (Phi) is 6.87. The van der Waals surface area contributed by atoms with Crippen LogP contribution in [0.2, 0.25) is 0 Å². The Morgan fingerprint density at radius 2 is 2.13 bits per heavy atom. The molecule has 3 aliphatic heterocycles. The van der Waals surface area contributed by atoms with E-state index in [2.05, 4.69) is 13.5 Å². The van der Waals surface area contributed by atoms with Gasteiger partial charge in [0.2, 0.25) is 11.8 Å². The molecule has 3 saturated heterocycles. The van der Waals surface area contributed by atoms with Crippen LogP contribution in [0.25, 0.3) is 0 Å². The molecule has 2 N–H and O–H groups in total. The molecular weight excluding hydrogens is 404 g/mol. The number of unbranched alkanes of at least 4 members (excludes halogenated alkanes) is 2. The Morgan fingerprint density at radius 3 is 2.70 bits per heavy atom. The Labute approximate surface area is 182 Å². The van der Waals surface area contributed by atoms with Crippen molar-refractivity contribution in [1.82, 2.24) is 9.80 Å². The van der Waals surface area contributed by atoms with E-state index in [0.29, 0.717) is 19.5 Å². The lowest BCUT2D eigenvalue weighted by atomic mass is 9.66. The number of amides is 2. The van der Waals surface area contributed by atoms with E-state index in [1.165, 1.54) is 16.7 Å². The van der Waals surface area contributed by atoms with Gasteiger partial charge in [-0.25, -0.2) is 0 Å². The summed E-state index contributed by atoms with van der Waals surface area (Å²) in [4.78, 5) is 42.8. The molecular formula is C22H34N2O5S. The molecule has 30 heavy (non-hydrogen) atoms. The van der Waals surface area contributed by atoms with Crippen LogP contribution < -0.4 is 0 Å². The van der Waals surface area contributed by atoms with E-state index in [0.717, 1.165) is 19.3 Å². The third kappa shape index (κ3) is 3.36. The Bertz CT molecular complexity index is 716. The first kappa shape index (κ1) is 23.1. The number of rotatable bonds is 10. The van der Waals surface area contributed by atoms with Gasteiger partial charge in [-0.05, 0) is 25.7 Å². The number of hydrogen-bond acceptors (Lipinski definition) is 5. The molecule has 2 amide bonds. The summed E-state index contributed by atoms with van der Waals surface area (Å²) in [5.74, 6) is -2.86. The summed E-state index contributed by atoms with van der Waals surface area (Å²) < 4.78 is -0.754. The zero-order valence-corrected chi connectivity index (χ0v) is 18.9. The largest absolute Gasteiger partial charge is 0.481 e. The minimum Gasteiger partial charge on any atom is -0.481 e. The topological polar surface area (TPSA) is 98.2 Å². The summed E-state index contributed by atoms with van der Waals surface area (Å²) in [5, 5.41) is 19.6. The van der Waals surface area contributed by atoms with Crippen molar-refractivity contribution in [3.8, 4) is 0 Å². The molecule has 7 nitrogen and oxygen atoms in total. The van der Waals surface area contributed by atoms with Gasteiger partial charge in [-0.1, -0.05) is 32.8 Å². The molecule has 2 bridgehead atoms. The van der Waals surface area contributed by atoms with Crippen molar-refractivity contribution in [2.45, 2.75) is 68.5 Å². The van der Waals surface area contributed by atoms with Gasteiger partial charge in [-0.3, -0.25) is 14.4 Å². The molecule has 7 atom stereocenters. The molecule has 0 aromatic rings. The van der Waals surface area contributed by atoms with Crippen LogP contribution >= 0.6 is 11.8 Å². The summed E-state index contributed by atoms with van der Waals surface area (Å²) in [6.45, 7) is 10.4. The maximum Gasteiger partial charge on any atom is 0.308 e. The molecule has 3 aliphatic rings. The number of hydrogen-bond donors (Lipinski definition) is 2. The van der Waals surface area contributed by atoms with E-state index in [4.69, 9.17) is 0 Å². The lowest BCUT2D eigenvalue weighted by Gasteiger charge is -2.41. The van der Waals surface area contributed by atoms with Gasteiger partial charge < -0.3 is 20.0 Å². The molecule has 0 radical (unpaired) electrons. The van der Waals surface area contributed by atoms with Crippen LogP contribution in [0.5, 0.6) is 0 Å². The number of aliphatic carboxylic acids is 1. The summed E-state index contributed by atoms with van der Waals surface area (Å²) in [5.41, 5.74) is 0. The lowest BCUT2D eigenvalue weighted by molar-refractivity contribution is -0.149. The Hall–Kier alpha value is -1.54. The minimum atomic E-state index is -0.963. The van der Waals surface area contributed by atoms with Gasteiger partial charge in [0.15, 0.2) is 0 Å². The van der Waals surface area contributed by atoms with Crippen LogP contribution in [0.15, 0.2) is 12.7 Å². The molecule has 0 saturated carbocycles. The monoisotopic (exact) mass is 438 g/mol. The van der Waals surface area contributed by atoms with E-state index >= 15 is 0 Å². The minimum absolute atomic E-state index is 0.0446. The highest BCUT2D eigenvalue weighted by Crippen LogP contribution is 2.68. The van der Waals surface area contributed by atoms with Crippen molar-refractivity contribution in [3.63, 3.8) is 0 Å². The van der Waals surface area contributed by atoms with Crippen LogP contribution in [-0.2, 0) is 14.4 Å². The number of carbonyl (C=O) groups excluding carboxylic acids is 2. The van der Waals surface area contributed by atoms with Crippen molar-refractivity contribution in [1.29, 1.82) is 0 Å². The maximum atomic E-state index is 13.9. The molecule has 0 aliphatic carbocycles. The lowest BCUT2D eigenvalue weighted by Crippen LogP contribution is -2.58. The average molecular weight is 439 g/mol. The van der Waals surface area contributed by atoms with E-state index in [1.807, 2.05) is 6.92 Å². The SMILES string of the molecule is C=CCN(CCCCC)C(=O)C1N([C@H](C)CO)C(=O)[C@@H]2[C@@H](C(=O)O)[C@H]3CC(C)C12S3. The van der Waals surface area contributed by atoms with Crippen molar-refractivity contribution >= 4 is 29.5 Å². The fourth-order valence-corrected chi connectivity index (χ4v) is 8.15. The van der Waals surface area contributed by atoms with E-state index in [-0.39, 0.29) is 29.6 Å². The van der Waals surface area contributed by atoms with Crippen molar-refractivity contribution in [3.05, 3.63) is 12.7 Å². The number of aliphatic hydroxyl groups is 1. The third-order valence-corrected chi connectivity index (χ3v) is 9.21. The van der Waals surface area contributed by atoms with Crippen LogP contribution in [0.4, 0.5) is 0 Å². The number of fused-ring (bicyclic) bond motifs is 1. The van der Waals surface area contributed by atoms with Crippen molar-refractivity contribution < 1.29 is 24.6 Å². The molecule has 3 rings (SSSR count). The van der Waals surface area contributed by atoms with Gasteiger partial charge in [0.05, 0.1) is 29.2 Å². The predicted octanol–water partition coefficient (Wildman–Crippen LogP) is 1.99. The molecule has 1 spiro atoms. The predicted molar refractivity (Wildman–Crippen MR) is 116 cm³/mol. The second-order valence-corrected chi connectivity index (χ2v) is 10.5. The average Bonchev–Trinajstić information content (AvgIpc) is 3.30. The molecule has 3 fully saturated rings. The first-order valence-corrected chi connectivity index (χ1v) is 11.9. The number of thioether (sulfide) groups is 1. The molecule has 8 heteroatoms. The molecule has 0 aromatic carbocycles. The van der Waals surface area contributed by atoms with E-state index in [9.17, 15) is 24.6 Å². The van der Waals surface area contributed by atoms with Gasteiger partial charge in [-0.2, -0.15) is 0 Å². The van der Waals surface area contributed by atoms with Gasteiger partial charge in [-0.15, -0.1) is 18.3 Å². The molecule has 3 heterocycles. The van der Waals surface area contributed by atoms with Gasteiger partial charge in [0.1, 0.15) is 6.04 Å². The fourth-order valence-electron chi connectivity index (χ4n) is 5.76. The normalized spacial score (nSPS) is 35.4. The zero-order valence-electron chi connectivity index (χ0n) is 18.1. The first-order chi connectivity index (χ1) is 14.3.